The van der Waals surface area contributed by atoms with Crippen molar-refractivity contribution in [3.05, 3.63) is 17.8 Å². The number of thiazole rings is 1. The molecule has 0 unspecified atom stereocenters. The summed E-state index contributed by atoms with van der Waals surface area (Å²) in [7, 11) is 0. The van der Waals surface area contributed by atoms with Gasteiger partial charge in [0.2, 0.25) is 0 Å². The zero-order valence-corrected chi connectivity index (χ0v) is 6.43. The average molecular weight is 166 g/mol. The van der Waals surface area contributed by atoms with Crippen molar-refractivity contribution < 1.29 is 0 Å². The number of H-pyrrole nitrogens is 1. The molecule has 4 nitrogen and oxygen atoms in total. The van der Waals surface area contributed by atoms with E-state index in [1.165, 1.54) is 11.3 Å². The standard InChI is InChI=1S/C6H6N4S/c7-6-10-5(3-11-6)4-1-8-9-2-4/h1-3H,(H2,7,10)(H,8,9). The molecule has 0 fully saturated rings. The molecule has 2 aromatic rings. The quantitative estimate of drug-likeness (QED) is 0.667. The van der Waals surface area contributed by atoms with Crippen molar-refractivity contribution in [2.45, 2.75) is 0 Å². The maximum absolute atomic E-state index is 5.46. The lowest BCUT2D eigenvalue weighted by atomic mass is 10.3. The molecule has 0 atom stereocenters. The maximum atomic E-state index is 5.46. The molecule has 3 N–H and O–H groups in total. The van der Waals surface area contributed by atoms with Crippen molar-refractivity contribution in [2.24, 2.45) is 0 Å². The molecular weight excluding hydrogens is 160 g/mol. The van der Waals surface area contributed by atoms with Gasteiger partial charge >= 0.3 is 0 Å². The van der Waals surface area contributed by atoms with Crippen LogP contribution in [0.25, 0.3) is 11.3 Å². The fourth-order valence-electron chi connectivity index (χ4n) is 0.811. The lowest BCUT2D eigenvalue weighted by Crippen LogP contribution is -1.81. The minimum Gasteiger partial charge on any atom is -0.375 e. The fraction of sp³-hybridized carbons (Fsp3) is 0. The van der Waals surface area contributed by atoms with Gasteiger partial charge in [-0.25, -0.2) is 4.98 Å². The predicted octanol–water partition coefficient (Wildman–Crippen LogP) is 1.12. The molecule has 0 aromatic carbocycles. The Morgan fingerprint density at radius 1 is 1.55 bits per heavy atom. The molecule has 56 valence electrons. The summed E-state index contributed by atoms with van der Waals surface area (Å²) in [5.74, 6) is 0. The van der Waals surface area contributed by atoms with Crippen LogP contribution in [-0.2, 0) is 0 Å². The second kappa shape index (κ2) is 2.35. The molecule has 0 aliphatic rings. The average Bonchev–Trinajstić information content (AvgIpc) is 2.55. The minimum atomic E-state index is 0.584. The Bertz CT molecular complexity index is 337. The number of nitrogens with zero attached hydrogens (tertiary/aromatic N) is 2. The fourth-order valence-corrected chi connectivity index (χ4v) is 1.38. The number of nitrogen functional groups attached to an aromatic ring is 1. The van der Waals surface area contributed by atoms with Gasteiger partial charge in [-0.3, -0.25) is 5.10 Å². The first-order valence-electron chi connectivity index (χ1n) is 3.06. The van der Waals surface area contributed by atoms with E-state index in [9.17, 15) is 0 Å². The molecular formula is C6H6N4S. The van der Waals surface area contributed by atoms with Crippen LogP contribution in [0.5, 0.6) is 0 Å². The van der Waals surface area contributed by atoms with Crippen LogP contribution in [0.2, 0.25) is 0 Å². The number of rotatable bonds is 1. The number of aromatic amines is 1. The molecule has 2 heterocycles. The van der Waals surface area contributed by atoms with E-state index in [0.717, 1.165) is 11.3 Å². The van der Waals surface area contributed by atoms with Crippen molar-refractivity contribution in [3.63, 3.8) is 0 Å². The van der Waals surface area contributed by atoms with Crippen LogP contribution in [0.4, 0.5) is 5.13 Å². The van der Waals surface area contributed by atoms with E-state index in [-0.39, 0.29) is 0 Å². The SMILES string of the molecule is Nc1nc(-c2cn[nH]c2)cs1. The minimum absolute atomic E-state index is 0.584. The number of hydrogen-bond acceptors (Lipinski definition) is 4. The summed E-state index contributed by atoms with van der Waals surface area (Å²) in [4.78, 5) is 4.09. The molecule has 0 radical (unpaired) electrons. The molecule has 0 bridgehead atoms. The number of hydrogen-bond donors (Lipinski definition) is 2. The van der Waals surface area contributed by atoms with Gasteiger partial charge in [0.1, 0.15) is 0 Å². The van der Waals surface area contributed by atoms with Gasteiger partial charge in [-0.2, -0.15) is 5.10 Å². The van der Waals surface area contributed by atoms with Gasteiger partial charge in [0.15, 0.2) is 5.13 Å². The van der Waals surface area contributed by atoms with E-state index < -0.39 is 0 Å². The zero-order valence-electron chi connectivity index (χ0n) is 5.61. The van der Waals surface area contributed by atoms with Crippen molar-refractivity contribution in [1.82, 2.24) is 15.2 Å². The van der Waals surface area contributed by atoms with E-state index >= 15 is 0 Å². The van der Waals surface area contributed by atoms with Gasteiger partial charge in [0.25, 0.3) is 0 Å². The van der Waals surface area contributed by atoms with Gasteiger partial charge in [0, 0.05) is 17.1 Å². The molecule has 0 aliphatic carbocycles. The Morgan fingerprint density at radius 3 is 3.00 bits per heavy atom. The first-order chi connectivity index (χ1) is 5.36. The van der Waals surface area contributed by atoms with Crippen LogP contribution >= 0.6 is 11.3 Å². The number of nitrogens with two attached hydrogens (primary N) is 1. The molecule has 2 aromatic heterocycles. The smallest absolute Gasteiger partial charge is 0.180 e. The van der Waals surface area contributed by atoms with E-state index in [2.05, 4.69) is 15.2 Å². The Morgan fingerprint density at radius 2 is 2.45 bits per heavy atom. The summed E-state index contributed by atoms with van der Waals surface area (Å²) in [6, 6.07) is 0. The van der Waals surface area contributed by atoms with Gasteiger partial charge < -0.3 is 5.73 Å². The summed E-state index contributed by atoms with van der Waals surface area (Å²) < 4.78 is 0. The topological polar surface area (TPSA) is 67.6 Å². The highest BCUT2D eigenvalue weighted by atomic mass is 32.1. The Labute approximate surface area is 67.1 Å². The highest BCUT2D eigenvalue weighted by Crippen LogP contribution is 2.21. The van der Waals surface area contributed by atoms with Gasteiger partial charge in [-0.05, 0) is 0 Å². The van der Waals surface area contributed by atoms with Crippen LogP contribution in [0.15, 0.2) is 17.8 Å². The van der Waals surface area contributed by atoms with Crippen molar-refractivity contribution in [2.75, 3.05) is 5.73 Å². The largest absolute Gasteiger partial charge is 0.375 e. The lowest BCUT2D eigenvalue weighted by molar-refractivity contribution is 1.09. The molecule has 0 spiro atoms. The van der Waals surface area contributed by atoms with Crippen molar-refractivity contribution >= 4 is 16.5 Å². The Kier molecular flexibility index (Phi) is 1.36. The van der Waals surface area contributed by atoms with Crippen LogP contribution in [0.1, 0.15) is 0 Å². The normalized spacial score (nSPS) is 10.2. The molecule has 11 heavy (non-hydrogen) atoms. The Balaban J connectivity index is 2.45. The molecule has 5 heteroatoms. The third-order valence-electron chi connectivity index (χ3n) is 1.32. The first kappa shape index (κ1) is 6.36. The maximum Gasteiger partial charge on any atom is 0.180 e. The van der Waals surface area contributed by atoms with Crippen molar-refractivity contribution in [1.29, 1.82) is 0 Å². The molecule has 0 saturated heterocycles. The lowest BCUT2D eigenvalue weighted by Gasteiger charge is -1.83. The van der Waals surface area contributed by atoms with Gasteiger partial charge in [-0.15, -0.1) is 11.3 Å². The third kappa shape index (κ3) is 1.10. The zero-order chi connectivity index (χ0) is 7.68. The monoisotopic (exact) mass is 166 g/mol. The predicted molar refractivity (Wildman–Crippen MR) is 44.1 cm³/mol. The van der Waals surface area contributed by atoms with E-state index in [4.69, 9.17) is 5.73 Å². The van der Waals surface area contributed by atoms with E-state index in [1.54, 1.807) is 12.4 Å². The van der Waals surface area contributed by atoms with Crippen LogP contribution in [0, 0.1) is 0 Å². The molecule has 0 aliphatic heterocycles. The highest BCUT2D eigenvalue weighted by Gasteiger charge is 2.01. The van der Waals surface area contributed by atoms with Crippen LogP contribution in [0.3, 0.4) is 0 Å². The van der Waals surface area contributed by atoms with E-state index in [1.807, 2.05) is 5.38 Å². The van der Waals surface area contributed by atoms with Crippen LogP contribution < -0.4 is 5.73 Å². The molecule has 0 amide bonds. The number of anilines is 1. The Hall–Kier alpha value is -1.36. The molecule has 2 rings (SSSR count). The number of nitrogens with one attached hydrogen (secondary N) is 1. The van der Waals surface area contributed by atoms with Crippen molar-refractivity contribution in [3.8, 4) is 11.3 Å². The second-order valence-electron chi connectivity index (χ2n) is 2.06. The van der Waals surface area contributed by atoms with Gasteiger partial charge in [0.05, 0.1) is 11.9 Å². The summed E-state index contributed by atoms with van der Waals surface area (Å²) in [5.41, 5.74) is 7.31. The molecule has 0 saturated carbocycles. The van der Waals surface area contributed by atoms with E-state index in [0.29, 0.717) is 5.13 Å². The van der Waals surface area contributed by atoms with Crippen LogP contribution in [-0.4, -0.2) is 15.2 Å². The highest BCUT2D eigenvalue weighted by molar-refractivity contribution is 7.13. The number of aromatic nitrogens is 3. The first-order valence-corrected chi connectivity index (χ1v) is 3.94. The second-order valence-corrected chi connectivity index (χ2v) is 2.95. The third-order valence-corrected chi connectivity index (χ3v) is 1.99. The van der Waals surface area contributed by atoms with Gasteiger partial charge in [-0.1, -0.05) is 0 Å². The summed E-state index contributed by atoms with van der Waals surface area (Å²) in [6.07, 6.45) is 3.50. The summed E-state index contributed by atoms with van der Waals surface area (Å²) in [6.45, 7) is 0. The summed E-state index contributed by atoms with van der Waals surface area (Å²) in [5, 5.41) is 9.01. The summed E-state index contributed by atoms with van der Waals surface area (Å²) >= 11 is 1.43.